The first kappa shape index (κ1) is 20.2. The fraction of sp³-hybridized carbons (Fsp3) is 0.571. The monoisotopic (exact) mass is 386 g/mol. The zero-order chi connectivity index (χ0) is 20.1. The van der Waals surface area contributed by atoms with E-state index in [4.69, 9.17) is 0 Å². The van der Waals surface area contributed by atoms with Gasteiger partial charge in [-0.1, -0.05) is 24.6 Å². The molecule has 2 atom stereocenters. The van der Waals surface area contributed by atoms with Crippen LogP contribution in [0.15, 0.2) is 30.3 Å². The van der Waals surface area contributed by atoms with Crippen LogP contribution in [-0.2, 0) is 4.79 Å². The highest BCUT2D eigenvalue weighted by Gasteiger charge is 2.39. The maximum atomic E-state index is 13.2. The van der Waals surface area contributed by atoms with Crippen LogP contribution in [-0.4, -0.2) is 78.9 Å². The Bertz CT molecular complexity index is 707. The van der Waals surface area contributed by atoms with E-state index in [1.807, 2.05) is 35.2 Å². The van der Waals surface area contributed by atoms with E-state index in [-0.39, 0.29) is 29.8 Å². The van der Waals surface area contributed by atoms with Gasteiger partial charge in [0.15, 0.2) is 0 Å². The Kier molecular flexibility index (Phi) is 6.54. The Morgan fingerprint density at radius 2 is 1.79 bits per heavy atom. The van der Waals surface area contributed by atoms with Gasteiger partial charge in [0.05, 0.1) is 5.92 Å². The Morgan fingerprint density at radius 3 is 2.50 bits per heavy atom. The summed E-state index contributed by atoms with van der Waals surface area (Å²) in [5.74, 6) is -0.216. The molecular formula is C21H30N4O3. The van der Waals surface area contributed by atoms with Gasteiger partial charge in [0.25, 0.3) is 5.91 Å². The van der Waals surface area contributed by atoms with E-state index in [1.54, 1.807) is 23.9 Å². The molecule has 1 saturated carbocycles. The molecule has 1 saturated heterocycles. The van der Waals surface area contributed by atoms with Crippen molar-refractivity contribution in [2.75, 3.05) is 40.3 Å². The van der Waals surface area contributed by atoms with Crippen LogP contribution in [0, 0.1) is 5.92 Å². The second-order valence-corrected chi connectivity index (χ2v) is 7.78. The number of hydrogen-bond donors (Lipinski definition) is 1. The van der Waals surface area contributed by atoms with Crippen LogP contribution >= 0.6 is 0 Å². The maximum Gasteiger partial charge on any atom is 0.319 e. The van der Waals surface area contributed by atoms with E-state index < -0.39 is 0 Å². The Labute approximate surface area is 166 Å². The average molecular weight is 386 g/mol. The number of carbonyl (C=O) groups excluding carboxylic acids is 3. The van der Waals surface area contributed by atoms with Crippen molar-refractivity contribution in [3.63, 3.8) is 0 Å². The van der Waals surface area contributed by atoms with E-state index in [9.17, 15) is 14.4 Å². The van der Waals surface area contributed by atoms with Crippen LogP contribution in [0.1, 0.15) is 36.0 Å². The van der Waals surface area contributed by atoms with Gasteiger partial charge >= 0.3 is 6.03 Å². The van der Waals surface area contributed by atoms with Crippen LogP contribution in [0.4, 0.5) is 4.79 Å². The van der Waals surface area contributed by atoms with Crippen molar-refractivity contribution in [2.45, 2.75) is 31.7 Å². The first-order valence-corrected chi connectivity index (χ1v) is 10.1. The molecule has 7 heteroatoms. The van der Waals surface area contributed by atoms with Gasteiger partial charge in [-0.15, -0.1) is 0 Å². The fourth-order valence-corrected chi connectivity index (χ4v) is 4.25. The first-order chi connectivity index (χ1) is 13.5. The lowest BCUT2D eigenvalue weighted by Crippen LogP contribution is -2.47. The number of hydrogen-bond acceptors (Lipinski definition) is 3. The summed E-state index contributed by atoms with van der Waals surface area (Å²) in [6.45, 7) is 2.02. The summed E-state index contributed by atoms with van der Waals surface area (Å²) in [6.07, 6.45) is 3.29. The summed E-state index contributed by atoms with van der Waals surface area (Å²) in [5, 5.41) is 2.99. The van der Waals surface area contributed by atoms with Crippen LogP contribution in [0.5, 0.6) is 0 Å². The summed E-state index contributed by atoms with van der Waals surface area (Å²) in [5.41, 5.74) is 0.643. The second kappa shape index (κ2) is 9.08. The molecule has 1 N–H and O–H groups in total. The SMILES string of the molecule is CN(C)C(=O)N1CCCN(C(=O)c2ccccc2)[C@H]2CCC[C@H]2C(=O)NCC1. The van der Waals surface area contributed by atoms with Crippen molar-refractivity contribution < 1.29 is 14.4 Å². The zero-order valence-corrected chi connectivity index (χ0v) is 16.8. The van der Waals surface area contributed by atoms with Crippen LogP contribution in [0.2, 0.25) is 0 Å². The molecule has 1 heterocycles. The number of benzene rings is 1. The van der Waals surface area contributed by atoms with Gasteiger partial charge in [0.2, 0.25) is 5.91 Å². The van der Waals surface area contributed by atoms with Crippen molar-refractivity contribution >= 4 is 17.8 Å². The molecule has 2 aliphatic rings. The number of carbonyl (C=O) groups is 3. The molecule has 4 amide bonds. The topological polar surface area (TPSA) is 73.0 Å². The Balaban J connectivity index is 1.83. The van der Waals surface area contributed by atoms with E-state index >= 15 is 0 Å². The molecule has 3 rings (SSSR count). The lowest BCUT2D eigenvalue weighted by Gasteiger charge is -2.33. The third kappa shape index (κ3) is 4.46. The van der Waals surface area contributed by atoms with Gasteiger partial charge in [-0.2, -0.15) is 0 Å². The van der Waals surface area contributed by atoms with Gasteiger partial charge in [-0.3, -0.25) is 9.59 Å². The molecule has 1 aliphatic heterocycles. The lowest BCUT2D eigenvalue weighted by molar-refractivity contribution is -0.126. The summed E-state index contributed by atoms with van der Waals surface area (Å²) < 4.78 is 0. The zero-order valence-electron chi connectivity index (χ0n) is 16.8. The molecule has 0 spiro atoms. The third-order valence-electron chi connectivity index (χ3n) is 5.66. The van der Waals surface area contributed by atoms with Crippen molar-refractivity contribution in [2.24, 2.45) is 5.92 Å². The standard InChI is InChI=1S/C21H30N4O3/c1-23(2)21(28)24-13-7-14-25(20(27)16-8-4-3-5-9-16)18-11-6-10-17(18)19(26)22-12-15-24/h3-5,8-9,17-18H,6-7,10-15H2,1-2H3,(H,22,26)/t17-,18+/m1/s1. The molecule has 0 unspecified atom stereocenters. The fourth-order valence-electron chi connectivity index (χ4n) is 4.25. The summed E-state index contributed by atoms with van der Waals surface area (Å²) in [6, 6.07) is 9.09. The number of rotatable bonds is 1. The number of urea groups is 1. The highest BCUT2D eigenvalue weighted by atomic mass is 16.2. The minimum Gasteiger partial charge on any atom is -0.354 e. The van der Waals surface area contributed by atoms with Crippen LogP contribution < -0.4 is 5.32 Å². The molecule has 152 valence electrons. The molecule has 7 nitrogen and oxygen atoms in total. The van der Waals surface area contributed by atoms with Crippen molar-refractivity contribution in [1.29, 1.82) is 0 Å². The lowest BCUT2D eigenvalue weighted by atomic mass is 9.99. The number of fused-ring (bicyclic) bond motifs is 1. The van der Waals surface area contributed by atoms with Crippen molar-refractivity contribution in [3.8, 4) is 0 Å². The van der Waals surface area contributed by atoms with Gasteiger partial charge in [0, 0.05) is 51.9 Å². The summed E-state index contributed by atoms with van der Waals surface area (Å²) in [4.78, 5) is 43.6. The van der Waals surface area contributed by atoms with E-state index in [2.05, 4.69) is 5.32 Å². The molecule has 0 radical (unpaired) electrons. The molecule has 0 bridgehead atoms. The number of amides is 4. The molecular weight excluding hydrogens is 356 g/mol. The average Bonchev–Trinajstić information content (AvgIpc) is 3.17. The quantitative estimate of drug-likeness (QED) is 0.800. The smallest absolute Gasteiger partial charge is 0.319 e. The van der Waals surface area contributed by atoms with Crippen molar-refractivity contribution in [3.05, 3.63) is 35.9 Å². The normalized spacial score (nSPS) is 23.4. The van der Waals surface area contributed by atoms with Crippen LogP contribution in [0.25, 0.3) is 0 Å². The van der Waals surface area contributed by atoms with Crippen LogP contribution in [0.3, 0.4) is 0 Å². The molecule has 1 aliphatic carbocycles. The Morgan fingerprint density at radius 1 is 1.04 bits per heavy atom. The summed E-state index contributed by atoms with van der Waals surface area (Å²) in [7, 11) is 3.45. The first-order valence-electron chi connectivity index (χ1n) is 10.1. The van der Waals surface area contributed by atoms with Gasteiger partial charge in [-0.25, -0.2) is 4.79 Å². The van der Waals surface area contributed by atoms with Crippen molar-refractivity contribution in [1.82, 2.24) is 20.0 Å². The summed E-state index contributed by atoms with van der Waals surface area (Å²) >= 11 is 0. The largest absolute Gasteiger partial charge is 0.354 e. The molecule has 2 fully saturated rings. The third-order valence-corrected chi connectivity index (χ3v) is 5.66. The predicted octanol–water partition coefficient (Wildman–Crippen LogP) is 1.80. The molecule has 1 aromatic rings. The predicted molar refractivity (Wildman–Crippen MR) is 107 cm³/mol. The second-order valence-electron chi connectivity index (χ2n) is 7.78. The number of nitrogens with one attached hydrogen (secondary N) is 1. The van der Waals surface area contributed by atoms with E-state index in [0.717, 1.165) is 19.3 Å². The minimum atomic E-state index is -0.177. The highest BCUT2D eigenvalue weighted by Crippen LogP contribution is 2.31. The van der Waals surface area contributed by atoms with E-state index in [1.165, 1.54) is 0 Å². The Hall–Kier alpha value is -2.57. The minimum absolute atomic E-state index is 0.00693. The molecule has 1 aromatic carbocycles. The highest BCUT2D eigenvalue weighted by molar-refractivity contribution is 5.95. The van der Waals surface area contributed by atoms with Gasteiger partial charge in [-0.05, 0) is 31.4 Å². The molecule has 28 heavy (non-hydrogen) atoms. The van der Waals surface area contributed by atoms with Gasteiger partial charge in [0.1, 0.15) is 0 Å². The van der Waals surface area contributed by atoms with E-state index in [0.29, 0.717) is 38.2 Å². The number of nitrogens with zero attached hydrogens (tertiary/aromatic N) is 3. The van der Waals surface area contributed by atoms with Gasteiger partial charge < -0.3 is 20.0 Å². The molecule has 0 aromatic heterocycles. The maximum absolute atomic E-state index is 13.2.